The van der Waals surface area contributed by atoms with Crippen LogP contribution in [0.15, 0.2) is 36.4 Å². The number of allylic oxidation sites excluding steroid dienone is 1. The number of carbonyl (C=O) groups excluding carboxylic acids is 3. The van der Waals surface area contributed by atoms with Gasteiger partial charge in [0.1, 0.15) is 28.6 Å². The SMILES string of the molecule is COc1ccc(C(CC(=O)NCC(OC)OC)c2c(O)cc3c(c2O)C(=O)O[C@@H](C)CCCC(=O)CCCC=C3)cc1. The molecule has 0 fully saturated rings. The monoisotopic (exact) mass is 583 g/mol. The molecule has 0 saturated carbocycles. The Bertz CT molecular complexity index is 1250. The highest BCUT2D eigenvalue weighted by atomic mass is 16.7. The van der Waals surface area contributed by atoms with Gasteiger partial charge in [0, 0.05) is 45.0 Å². The molecule has 1 unspecified atom stereocenters. The summed E-state index contributed by atoms with van der Waals surface area (Å²) in [4.78, 5) is 38.6. The topological polar surface area (TPSA) is 141 Å². The molecule has 1 aliphatic rings. The van der Waals surface area contributed by atoms with Crippen molar-refractivity contribution < 1.29 is 43.5 Å². The largest absolute Gasteiger partial charge is 0.507 e. The summed E-state index contributed by atoms with van der Waals surface area (Å²) in [5.74, 6) is -1.97. The zero-order valence-electron chi connectivity index (χ0n) is 24.7. The summed E-state index contributed by atoms with van der Waals surface area (Å²) in [5.41, 5.74) is 0.801. The van der Waals surface area contributed by atoms with Crippen LogP contribution < -0.4 is 10.1 Å². The number of phenolic OH excluding ortho intramolecular Hbond substituents is 2. The number of aromatic hydroxyl groups is 2. The molecule has 10 heteroatoms. The van der Waals surface area contributed by atoms with Crippen molar-refractivity contribution in [3.8, 4) is 17.2 Å². The van der Waals surface area contributed by atoms with Crippen molar-refractivity contribution in [1.29, 1.82) is 0 Å². The molecule has 0 aliphatic carbocycles. The molecule has 0 saturated heterocycles. The molecule has 10 nitrogen and oxygen atoms in total. The zero-order chi connectivity index (χ0) is 30.6. The van der Waals surface area contributed by atoms with Crippen LogP contribution in [0.25, 0.3) is 6.08 Å². The Kier molecular flexibility index (Phi) is 12.4. The number of cyclic esters (lactones) is 1. The van der Waals surface area contributed by atoms with Crippen LogP contribution in [0.5, 0.6) is 17.2 Å². The third-order valence-corrected chi connectivity index (χ3v) is 7.30. The molecule has 1 heterocycles. The van der Waals surface area contributed by atoms with E-state index >= 15 is 0 Å². The van der Waals surface area contributed by atoms with Gasteiger partial charge in [0.05, 0.1) is 19.8 Å². The number of esters is 1. The van der Waals surface area contributed by atoms with Gasteiger partial charge in [-0.15, -0.1) is 0 Å². The average molecular weight is 584 g/mol. The minimum absolute atomic E-state index is 0.0221. The van der Waals surface area contributed by atoms with E-state index in [0.717, 1.165) is 0 Å². The minimum Gasteiger partial charge on any atom is -0.507 e. The lowest BCUT2D eigenvalue weighted by Crippen LogP contribution is -2.34. The highest BCUT2D eigenvalue weighted by Crippen LogP contribution is 2.44. The number of rotatable bonds is 9. The van der Waals surface area contributed by atoms with E-state index in [-0.39, 0.29) is 47.1 Å². The lowest BCUT2D eigenvalue weighted by Gasteiger charge is -2.23. The number of ether oxygens (including phenoxy) is 4. The zero-order valence-corrected chi connectivity index (χ0v) is 24.7. The number of ketones is 1. The molecule has 3 rings (SSSR count). The number of fused-ring (bicyclic) bond motifs is 1. The number of carbonyl (C=O) groups is 3. The summed E-state index contributed by atoms with van der Waals surface area (Å²) < 4.78 is 21.2. The number of Topliss-reactive ketones (excluding diaryl/α,β-unsaturated/α-hetero) is 1. The van der Waals surface area contributed by atoms with E-state index in [1.54, 1.807) is 43.3 Å². The standard InChI is InChI=1S/C32H41NO9/c1-20-9-8-12-23(34)11-7-5-6-10-22-17-26(35)30(31(37)29(22)32(38)42-20)25(21-13-15-24(39-2)16-14-21)18-27(36)33-19-28(40-3)41-4/h6,10,13-17,20,25,28,35,37H,5,7-9,11-12,18-19H2,1-4H3,(H,33,36)/t20-,25?/m0/s1. The molecule has 228 valence electrons. The summed E-state index contributed by atoms with van der Waals surface area (Å²) in [6.07, 6.45) is 5.31. The number of hydrogen-bond donors (Lipinski definition) is 3. The van der Waals surface area contributed by atoms with Crippen molar-refractivity contribution in [2.75, 3.05) is 27.9 Å². The smallest absolute Gasteiger partial charge is 0.342 e. The number of phenols is 2. The van der Waals surface area contributed by atoms with Crippen molar-refractivity contribution >= 4 is 23.7 Å². The number of methoxy groups -OCH3 is 3. The Morgan fingerprint density at radius 2 is 1.76 bits per heavy atom. The fourth-order valence-corrected chi connectivity index (χ4v) is 4.96. The molecule has 2 aromatic carbocycles. The second kappa shape index (κ2) is 15.9. The molecule has 1 aliphatic heterocycles. The third-order valence-electron chi connectivity index (χ3n) is 7.30. The molecule has 0 radical (unpaired) electrons. The second-order valence-corrected chi connectivity index (χ2v) is 10.3. The molecule has 1 amide bonds. The van der Waals surface area contributed by atoms with Crippen molar-refractivity contribution in [1.82, 2.24) is 5.32 Å². The molecule has 0 aromatic heterocycles. The molecule has 42 heavy (non-hydrogen) atoms. The maximum Gasteiger partial charge on any atom is 0.342 e. The lowest BCUT2D eigenvalue weighted by molar-refractivity contribution is -0.127. The van der Waals surface area contributed by atoms with Crippen LogP contribution in [-0.2, 0) is 23.8 Å². The first-order valence-electron chi connectivity index (χ1n) is 14.1. The van der Waals surface area contributed by atoms with E-state index in [9.17, 15) is 24.6 Å². The van der Waals surface area contributed by atoms with Crippen LogP contribution in [0, 0.1) is 0 Å². The van der Waals surface area contributed by atoms with Gasteiger partial charge in [-0.05, 0) is 61.9 Å². The first-order chi connectivity index (χ1) is 20.2. The highest BCUT2D eigenvalue weighted by Gasteiger charge is 2.31. The van der Waals surface area contributed by atoms with Crippen LogP contribution in [0.1, 0.15) is 84.8 Å². The van der Waals surface area contributed by atoms with E-state index in [2.05, 4.69) is 5.32 Å². The fourth-order valence-electron chi connectivity index (χ4n) is 4.96. The van der Waals surface area contributed by atoms with Gasteiger partial charge in [-0.3, -0.25) is 9.59 Å². The van der Waals surface area contributed by atoms with Crippen LogP contribution in [-0.4, -0.2) is 68.1 Å². The van der Waals surface area contributed by atoms with E-state index in [4.69, 9.17) is 18.9 Å². The maximum atomic E-state index is 13.5. The van der Waals surface area contributed by atoms with Crippen LogP contribution >= 0.6 is 0 Å². The van der Waals surface area contributed by atoms with Gasteiger partial charge in [0.25, 0.3) is 0 Å². The third kappa shape index (κ3) is 8.80. The van der Waals surface area contributed by atoms with Gasteiger partial charge in [0.2, 0.25) is 5.91 Å². The van der Waals surface area contributed by atoms with Gasteiger partial charge in [0.15, 0.2) is 6.29 Å². The molecule has 3 N–H and O–H groups in total. The summed E-state index contributed by atoms with van der Waals surface area (Å²) in [6.45, 7) is 1.82. The second-order valence-electron chi connectivity index (χ2n) is 10.3. The van der Waals surface area contributed by atoms with Gasteiger partial charge in [-0.25, -0.2) is 4.79 Å². The maximum absolute atomic E-state index is 13.5. The average Bonchev–Trinajstić information content (AvgIpc) is 2.96. The van der Waals surface area contributed by atoms with Gasteiger partial charge < -0.3 is 34.5 Å². The summed E-state index contributed by atoms with van der Waals surface area (Å²) in [7, 11) is 4.45. The Balaban J connectivity index is 2.08. The summed E-state index contributed by atoms with van der Waals surface area (Å²) in [6, 6.07) is 8.28. The van der Waals surface area contributed by atoms with Gasteiger partial charge in [-0.1, -0.05) is 24.3 Å². The predicted molar refractivity (Wildman–Crippen MR) is 157 cm³/mol. The number of nitrogens with one attached hydrogen (secondary N) is 1. The molecule has 0 spiro atoms. The number of benzene rings is 2. The van der Waals surface area contributed by atoms with Crippen LogP contribution in [0.3, 0.4) is 0 Å². The first-order valence-corrected chi connectivity index (χ1v) is 14.1. The molecular formula is C32H41NO9. The van der Waals surface area contributed by atoms with Crippen molar-refractivity contribution in [3.05, 3.63) is 58.7 Å². The minimum atomic E-state index is -0.835. The molecule has 2 aromatic rings. The van der Waals surface area contributed by atoms with Crippen LogP contribution in [0.4, 0.5) is 0 Å². The van der Waals surface area contributed by atoms with Crippen molar-refractivity contribution in [2.45, 2.75) is 70.2 Å². The van der Waals surface area contributed by atoms with Gasteiger partial charge >= 0.3 is 5.97 Å². The summed E-state index contributed by atoms with van der Waals surface area (Å²) >= 11 is 0. The Hall–Kier alpha value is -3.89. The number of amides is 1. The van der Waals surface area contributed by atoms with E-state index in [1.807, 2.05) is 0 Å². The van der Waals surface area contributed by atoms with E-state index in [0.29, 0.717) is 49.8 Å². The Labute approximate surface area is 246 Å². The molecule has 0 bridgehead atoms. The highest BCUT2D eigenvalue weighted by molar-refractivity contribution is 5.98. The first kappa shape index (κ1) is 32.6. The fraction of sp³-hybridized carbons (Fsp3) is 0.469. The lowest BCUT2D eigenvalue weighted by atomic mass is 9.84. The summed E-state index contributed by atoms with van der Waals surface area (Å²) in [5, 5.41) is 25.6. The number of hydrogen-bond acceptors (Lipinski definition) is 9. The van der Waals surface area contributed by atoms with Crippen molar-refractivity contribution in [3.63, 3.8) is 0 Å². The predicted octanol–water partition coefficient (Wildman–Crippen LogP) is 4.85. The Morgan fingerprint density at radius 1 is 1.07 bits per heavy atom. The molecule has 2 atom stereocenters. The van der Waals surface area contributed by atoms with Crippen LogP contribution in [0.2, 0.25) is 0 Å². The van der Waals surface area contributed by atoms with E-state index < -0.39 is 30.0 Å². The quantitative estimate of drug-likeness (QED) is 0.279. The Morgan fingerprint density at radius 3 is 2.43 bits per heavy atom. The van der Waals surface area contributed by atoms with Gasteiger partial charge in [-0.2, -0.15) is 0 Å². The van der Waals surface area contributed by atoms with E-state index in [1.165, 1.54) is 27.4 Å². The van der Waals surface area contributed by atoms with Crippen molar-refractivity contribution in [2.24, 2.45) is 0 Å². The molecular weight excluding hydrogens is 542 g/mol. The normalized spacial score (nSPS) is 17.2.